The molecule has 12 heteroatoms. The lowest BCUT2D eigenvalue weighted by atomic mass is 9.34. The van der Waals surface area contributed by atoms with Crippen LogP contribution in [0.2, 0.25) is 0 Å². The van der Waals surface area contributed by atoms with Crippen LogP contribution in [0.25, 0.3) is 0 Å². The molecular formula is C45H68N2O9S. The van der Waals surface area contributed by atoms with Crippen LogP contribution in [0.4, 0.5) is 0 Å². The number of aliphatic carboxylic acids is 1. The van der Waals surface area contributed by atoms with Gasteiger partial charge in [-0.1, -0.05) is 84.7 Å². The molecule has 4 N–H and O–H groups in total. The lowest BCUT2D eigenvalue weighted by molar-refractivity contribution is -0.263. The molecule has 1 saturated heterocycles. The maximum Gasteiger partial charge on any atom is 0.323 e. The maximum absolute atomic E-state index is 13.7. The van der Waals surface area contributed by atoms with Gasteiger partial charge in [-0.25, -0.2) is 13.1 Å². The van der Waals surface area contributed by atoms with E-state index in [0.717, 1.165) is 25.7 Å². The summed E-state index contributed by atoms with van der Waals surface area (Å²) in [5.41, 5.74) is 6.19. The third-order valence-corrected chi connectivity index (χ3v) is 18.2. The summed E-state index contributed by atoms with van der Waals surface area (Å²) in [6.07, 6.45) is 6.79. The molecule has 0 radical (unpaired) electrons. The quantitative estimate of drug-likeness (QED) is 0.105. The molecule has 57 heavy (non-hydrogen) atoms. The smallest absolute Gasteiger partial charge is 0.323 e. The van der Waals surface area contributed by atoms with E-state index in [2.05, 4.69) is 59.3 Å². The number of ether oxygens (including phenoxy) is 3. The number of hydrogen-bond acceptors (Lipinski definition) is 9. The fourth-order valence-corrected chi connectivity index (χ4v) is 14.4. The van der Waals surface area contributed by atoms with Crippen molar-refractivity contribution in [2.75, 3.05) is 19.8 Å². The summed E-state index contributed by atoms with van der Waals surface area (Å²) in [7, 11) is -3.66. The molecular weight excluding hydrogens is 745 g/mol. The van der Waals surface area contributed by atoms with E-state index in [4.69, 9.17) is 19.9 Å². The number of carboxylic acids is 1. The van der Waals surface area contributed by atoms with Crippen LogP contribution < -0.4 is 10.5 Å². The summed E-state index contributed by atoms with van der Waals surface area (Å²) in [5, 5.41) is 11.0. The van der Waals surface area contributed by atoms with Crippen molar-refractivity contribution in [2.45, 2.75) is 143 Å². The normalized spacial score (nSPS) is 38.4. The molecule has 0 aromatic heterocycles. The van der Waals surface area contributed by atoms with Crippen molar-refractivity contribution in [3.63, 3.8) is 0 Å². The summed E-state index contributed by atoms with van der Waals surface area (Å²) in [6, 6.07) is 5.87. The van der Waals surface area contributed by atoms with Crippen LogP contribution in [0, 0.1) is 63.6 Å². The number of unbranched alkanes of at least 4 members (excludes halogenated alkanes) is 1. The molecule has 1 unspecified atom stereocenters. The van der Waals surface area contributed by atoms with E-state index in [1.807, 2.05) is 0 Å². The Bertz CT molecular complexity index is 1870. The number of nitrogens with two attached hydrogens (primary N) is 1. The molecule has 1 aromatic rings. The molecule has 5 aliphatic rings. The first-order valence-corrected chi connectivity index (χ1v) is 22.8. The van der Waals surface area contributed by atoms with Crippen molar-refractivity contribution in [1.82, 2.24) is 4.72 Å². The number of carbonyl (C=O) groups is 3. The summed E-state index contributed by atoms with van der Waals surface area (Å²) >= 11 is 0. The minimum Gasteiger partial charge on any atom is -0.481 e. The largest absolute Gasteiger partial charge is 0.481 e. The van der Waals surface area contributed by atoms with Gasteiger partial charge >= 0.3 is 17.9 Å². The number of hydrogen-bond donors (Lipinski definition) is 3. The second-order valence-electron chi connectivity index (χ2n) is 19.8. The summed E-state index contributed by atoms with van der Waals surface area (Å²) < 4.78 is 47.2. The third kappa shape index (κ3) is 7.20. The number of esters is 2. The highest BCUT2D eigenvalue weighted by Crippen LogP contribution is 2.75. The van der Waals surface area contributed by atoms with E-state index in [-0.39, 0.29) is 40.0 Å². The lowest BCUT2D eigenvalue weighted by Crippen LogP contribution is -2.70. The van der Waals surface area contributed by atoms with Crippen molar-refractivity contribution >= 4 is 27.9 Å². The molecule has 3 saturated carbocycles. The molecule has 11 nitrogen and oxygen atoms in total. The Morgan fingerprint density at radius 1 is 1.00 bits per heavy atom. The van der Waals surface area contributed by atoms with Gasteiger partial charge in [0.05, 0.1) is 24.0 Å². The molecule has 4 fully saturated rings. The number of nitrogens with one attached hydrogen (secondary N) is 1. The van der Waals surface area contributed by atoms with Crippen LogP contribution >= 0.6 is 0 Å². The van der Waals surface area contributed by atoms with Gasteiger partial charge in [0.25, 0.3) is 0 Å². The molecule has 6 rings (SSSR count). The summed E-state index contributed by atoms with van der Waals surface area (Å²) in [5.74, 6) is -1.39. The van der Waals surface area contributed by atoms with Crippen LogP contribution in [-0.4, -0.2) is 69.4 Å². The molecule has 0 spiro atoms. The highest BCUT2D eigenvalue weighted by molar-refractivity contribution is 7.89. The van der Waals surface area contributed by atoms with Crippen LogP contribution in [0.5, 0.6) is 0 Å². The SMILES string of the molecule is CC(=O)O[C@@H]1C[C@@]23COC[C@@](C)([C@@H]2CC[C@H]2C3=CC[C@@]3(C)[C@H](C(=O)O)[C@@](C)([C@H](C)C(C)C)CC[C@]23C)[C@H]1OC(=O)C(N)CCCCNS(=O)(=O)c1ccccc1C. The summed E-state index contributed by atoms with van der Waals surface area (Å²) in [6.45, 7) is 19.7. The monoisotopic (exact) mass is 812 g/mol. The van der Waals surface area contributed by atoms with E-state index in [1.54, 1.807) is 31.2 Å². The Labute approximate surface area is 340 Å². The average molecular weight is 813 g/mol. The number of carboxylic acid groups (broad SMARTS) is 1. The first-order chi connectivity index (χ1) is 26.6. The predicted octanol–water partition coefficient (Wildman–Crippen LogP) is 7.20. The molecule has 2 bridgehead atoms. The Balaban J connectivity index is 1.21. The predicted molar refractivity (Wildman–Crippen MR) is 217 cm³/mol. The van der Waals surface area contributed by atoms with Crippen LogP contribution in [0.3, 0.4) is 0 Å². The van der Waals surface area contributed by atoms with Gasteiger partial charge in [-0.2, -0.15) is 0 Å². The Morgan fingerprint density at radius 2 is 1.70 bits per heavy atom. The van der Waals surface area contributed by atoms with Gasteiger partial charge in [-0.05, 0) is 110 Å². The Hall–Kier alpha value is -2.80. The molecule has 12 atom stereocenters. The lowest BCUT2D eigenvalue weighted by Gasteiger charge is -2.71. The van der Waals surface area contributed by atoms with E-state index in [9.17, 15) is 27.9 Å². The fourth-order valence-electron chi connectivity index (χ4n) is 13.1. The summed E-state index contributed by atoms with van der Waals surface area (Å²) in [4.78, 5) is 40.2. The molecule has 318 valence electrons. The van der Waals surface area contributed by atoms with E-state index < -0.39 is 68.3 Å². The van der Waals surface area contributed by atoms with Gasteiger partial charge < -0.3 is 25.1 Å². The van der Waals surface area contributed by atoms with Crippen molar-refractivity contribution in [3.8, 4) is 0 Å². The Kier molecular flexibility index (Phi) is 12.0. The van der Waals surface area contributed by atoms with E-state index in [1.165, 1.54) is 12.5 Å². The number of allylic oxidation sites excluding steroid dienone is 1. The number of rotatable bonds is 13. The number of aryl methyl sites for hydroxylation is 1. The minimum atomic E-state index is -3.66. The first kappa shape index (κ1) is 43.8. The number of benzene rings is 1. The zero-order valence-corrected chi connectivity index (χ0v) is 36.5. The number of carbonyl (C=O) groups excluding carboxylic acids is 2. The zero-order valence-electron chi connectivity index (χ0n) is 35.7. The number of fused-ring (bicyclic) bond motifs is 3. The van der Waals surface area contributed by atoms with Crippen LogP contribution in [0.1, 0.15) is 119 Å². The van der Waals surface area contributed by atoms with Crippen molar-refractivity contribution < 1.29 is 42.1 Å². The number of sulfonamides is 1. The highest BCUT2D eigenvalue weighted by Gasteiger charge is 2.72. The molecule has 1 heterocycles. The van der Waals surface area contributed by atoms with Gasteiger partial charge in [0.2, 0.25) is 10.0 Å². The second-order valence-corrected chi connectivity index (χ2v) is 21.6. The van der Waals surface area contributed by atoms with Crippen molar-refractivity contribution in [3.05, 3.63) is 41.5 Å². The zero-order chi connectivity index (χ0) is 41.9. The molecule has 0 amide bonds. The van der Waals surface area contributed by atoms with Crippen molar-refractivity contribution in [2.24, 2.45) is 62.4 Å². The fraction of sp³-hybridized carbons (Fsp3) is 0.756. The van der Waals surface area contributed by atoms with Crippen LogP contribution in [0.15, 0.2) is 40.8 Å². The van der Waals surface area contributed by atoms with Crippen LogP contribution in [-0.2, 0) is 38.6 Å². The van der Waals surface area contributed by atoms with Gasteiger partial charge in [0.1, 0.15) is 18.2 Å². The van der Waals surface area contributed by atoms with E-state index in [0.29, 0.717) is 56.8 Å². The molecule has 1 aliphatic heterocycles. The molecule has 4 aliphatic carbocycles. The third-order valence-electron chi connectivity index (χ3n) is 16.6. The van der Waals surface area contributed by atoms with Gasteiger partial charge in [-0.3, -0.25) is 14.4 Å². The second kappa shape index (κ2) is 15.7. The topological polar surface area (TPSA) is 171 Å². The van der Waals surface area contributed by atoms with Gasteiger partial charge in [-0.15, -0.1) is 0 Å². The van der Waals surface area contributed by atoms with Gasteiger partial charge in [0.15, 0.2) is 0 Å². The van der Waals surface area contributed by atoms with Gasteiger partial charge in [0, 0.05) is 24.3 Å². The highest BCUT2D eigenvalue weighted by atomic mass is 32.2. The molecule has 1 aromatic carbocycles. The maximum atomic E-state index is 13.7. The standard InChI is InChI=1S/C45H68N2O9S/c1-27(2)29(4)41(6)21-22-43(8)31-17-18-36-42(7)25-54-26-45(36,32(31)19-20-44(43,9)37(41)39(49)50)24-34(55-30(5)48)38(42)56-40(51)33(46)15-12-13-23-47-57(52,53)35-16-11-10-14-28(35)3/h10-11,14,16,19,27,29,31,33-34,36-38,47H,12-13,15,17-18,20-26,46H2,1-9H3,(H,49,50)/t29-,31+,33?,34-,36+,37-,38+,41-,42+,43-,44+,45+/m1/s1. The van der Waals surface area contributed by atoms with Crippen molar-refractivity contribution in [1.29, 1.82) is 0 Å². The average Bonchev–Trinajstić information content (AvgIpc) is 3.12. The Morgan fingerprint density at radius 3 is 2.35 bits per heavy atom. The minimum absolute atomic E-state index is 0.0846. The van der Waals surface area contributed by atoms with E-state index >= 15 is 0 Å². The first-order valence-electron chi connectivity index (χ1n) is 21.3.